The van der Waals surface area contributed by atoms with Gasteiger partial charge in [0.2, 0.25) is 0 Å². The van der Waals surface area contributed by atoms with Crippen LogP contribution in [0.3, 0.4) is 0 Å². The van der Waals surface area contributed by atoms with Crippen LogP contribution in [0, 0.1) is 35.5 Å². The van der Waals surface area contributed by atoms with E-state index in [9.17, 15) is 16.8 Å². The first-order valence-electron chi connectivity index (χ1n) is 16.0. The topological polar surface area (TPSA) is 95.9 Å². The standard InChI is InChI=1S/C31H57N3O4S3/c1-10-22(8)24(12-3)26(14-5)27(15-6)25(13-4)23(11-2)18-17-19-33-40(35,36)30-20-28-29(32-16-7)21-34(9)41(37,38)31(28)39-30/h19-20,22-27,29,32H,10-18,21H2,1-9H3/b33-19+/t22?,23?,24?,25?,26?,27?,29-/m0/s1. The first kappa shape index (κ1) is 36.4. The van der Waals surface area contributed by atoms with Crippen molar-refractivity contribution in [3.63, 3.8) is 0 Å². The van der Waals surface area contributed by atoms with Crippen molar-refractivity contribution in [2.24, 2.45) is 39.9 Å². The summed E-state index contributed by atoms with van der Waals surface area (Å²) in [7, 11) is -6.15. The average molecular weight is 632 g/mol. The van der Waals surface area contributed by atoms with Gasteiger partial charge < -0.3 is 5.32 Å². The van der Waals surface area contributed by atoms with Crippen molar-refractivity contribution < 1.29 is 16.8 Å². The number of hydrogen-bond donors (Lipinski definition) is 1. The zero-order valence-corrected chi connectivity index (χ0v) is 29.5. The summed E-state index contributed by atoms with van der Waals surface area (Å²) in [5.41, 5.74) is 0.527. The molecule has 0 aromatic carbocycles. The molecule has 41 heavy (non-hydrogen) atoms. The highest BCUT2D eigenvalue weighted by Gasteiger charge is 2.39. The maximum Gasteiger partial charge on any atom is 0.291 e. The van der Waals surface area contributed by atoms with Crippen LogP contribution in [-0.4, -0.2) is 47.5 Å². The summed E-state index contributed by atoms with van der Waals surface area (Å²) in [6, 6.07) is 1.26. The molecule has 0 saturated heterocycles. The van der Waals surface area contributed by atoms with Gasteiger partial charge in [-0.05, 0) is 61.0 Å². The van der Waals surface area contributed by atoms with Gasteiger partial charge in [-0.15, -0.1) is 11.3 Å². The van der Waals surface area contributed by atoms with Crippen LogP contribution >= 0.6 is 11.3 Å². The highest BCUT2D eigenvalue weighted by Crippen LogP contribution is 2.44. The van der Waals surface area contributed by atoms with Crippen molar-refractivity contribution in [3.8, 4) is 0 Å². The molecular weight excluding hydrogens is 575 g/mol. The lowest BCUT2D eigenvalue weighted by molar-refractivity contribution is 0.0731. The van der Waals surface area contributed by atoms with E-state index in [1.165, 1.54) is 49.3 Å². The van der Waals surface area contributed by atoms with Crippen LogP contribution in [0.25, 0.3) is 0 Å². The highest BCUT2D eigenvalue weighted by atomic mass is 32.3. The normalized spacial score (nSPS) is 22.2. The van der Waals surface area contributed by atoms with Crippen molar-refractivity contribution >= 4 is 37.6 Å². The molecule has 1 aromatic rings. The molecule has 0 spiro atoms. The molecule has 10 heteroatoms. The van der Waals surface area contributed by atoms with Crippen molar-refractivity contribution in [2.45, 2.75) is 121 Å². The van der Waals surface area contributed by atoms with Gasteiger partial charge in [0.1, 0.15) is 8.42 Å². The predicted octanol–water partition coefficient (Wildman–Crippen LogP) is 7.75. The summed E-state index contributed by atoms with van der Waals surface area (Å²) in [4.78, 5) is 0. The summed E-state index contributed by atoms with van der Waals surface area (Å²) >= 11 is 0.810. The van der Waals surface area contributed by atoms with Crippen LogP contribution in [-0.2, 0) is 20.0 Å². The summed E-state index contributed by atoms with van der Waals surface area (Å²) < 4.78 is 57.5. The Kier molecular flexibility index (Phi) is 14.5. The molecular formula is C31H57N3O4S3. The Bertz CT molecular complexity index is 1180. The molecule has 1 aliphatic heterocycles. The average Bonchev–Trinajstić information content (AvgIpc) is 3.42. The Morgan fingerprint density at radius 1 is 0.976 bits per heavy atom. The third-order valence-electron chi connectivity index (χ3n) is 9.79. The van der Waals surface area contributed by atoms with Crippen LogP contribution in [0.5, 0.6) is 0 Å². The molecule has 0 bridgehead atoms. The van der Waals surface area contributed by atoms with Gasteiger partial charge in [-0.25, -0.2) is 8.42 Å². The van der Waals surface area contributed by atoms with Crippen molar-refractivity contribution in [3.05, 3.63) is 11.6 Å². The van der Waals surface area contributed by atoms with Gasteiger partial charge in [-0.3, -0.25) is 0 Å². The number of thiophene rings is 1. The van der Waals surface area contributed by atoms with Crippen molar-refractivity contribution in [2.75, 3.05) is 20.1 Å². The number of rotatable bonds is 18. The summed E-state index contributed by atoms with van der Waals surface area (Å²) in [6.07, 6.45) is 10.1. The molecule has 6 unspecified atom stereocenters. The minimum absolute atomic E-state index is 0.00788. The molecule has 1 aliphatic rings. The Labute approximate surface area is 256 Å². The summed E-state index contributed by atoms with van der Waals surface area (Å²) in [5.74, 6) is 3.95. The maximum atomic E-state index is 13.2. The second-order valence-corrected chi connectivity index (χ2v) is 17.0. The van der Waals surface area contributed by atoms with E-state index in [4.69, 9.17) is 0 Å². The van der Waals surface area contributed by atoms with E-state index in [-0.39, 0.29) is 21.0 Å². The first-order valence-corrected chi connectivity index (χ1v) is 19.7. The molecule has 0 saturated carbocycles. The van der Waals surface area contributed by atoms with Gasteiger partial charge in [0.25, 0.3) is 20.0 Å². The third kappa shape index (κ3) is 8.43. The summed E-state index contributed by atoms with van der Waals surface area (Å²) in [6.45, 7) is 19.2. The van der Waals surface area contributed by atoms with Crippen LogP contribution in [0.15, 0.2) is 18.9 Å². The minimum Gasteiger partial charge on any atom is -0.309 e. The molecule has 1 N–H and O–H groups in total. The molecule has 7 nitrogen and oxygen atoms in total. The lowest BCUT2D eigenvalue weighted by Gasteiger charge is -2.42. The van der Waals surface area contributed by atoms with Gasteiger partial charge in [0.05, 0.1) is 0 Å². The Balaban J connectivity index is 2.22. The summed E-state index contributed by atoms with van der Waals surface area (Å²) in [5, 5.41) is 3.27. The van der Waals surface area contributed by atoms with E-state index in [1.54, 1.807) is 0 Å². The van der Waals surface area contributed by atoms with Crippen LogP contribution < -0.4 is 5.32 Å². The molecule has 238 valence electrons. The van der Waals surface area contributed by atoms with E-state index in [2.05, 4.69) is 58.2 Å². The fraction of sp³-hybridized carbons (Fsp3) is 0.839. The zero-order chi connectivity index (χ0) is 31.0. The molecule has 0 fully saturated rings. The minimum atomic E-state index is -3.98. The van der Waals surface area contributed by atoms with E-state index < -0.39 is 20.0 Å². The molecule has 2 rings (SSSR count). The Hall–Kier alpha value is -0.810. The monoisotopic (exact) mass is 631 g/mol. The second kappa shape index (κ2) is 16.3. The molecule has 2 heterocycles. The maximum absolute atomic E-state index is 13.2. The van der Waals surface area contributed by atoms with Gasteiger partial charge >= 0.3 is 0 Å². The quantitative estimate of drug-likeness (QED) is 0.167. The number of sulfonamides is 2. The molecule has 0 amide bonds. The molecule has 0 radical (unpaired) electrons. The first-order chi connectivity index (χ1) is 19.4. The lowest BCUT2D eigenvalue weighted by atomic mass is 9.63. The van der Waals surface area contributed by atoms with Gasteiger partial charge in [0.15, 0.2) is 0 Å². The van der Waals surface area contributed by atoms with E-state index in [0.717, 1.165) is 42.4 Å². The van der Waals surface area contributed by atoms with Gasteiger partial charge in [-0.2, -0.15) is 17.1 Å². The Morgan fingerprint density at radius 3 is 2.07 bits per heavy atom. The van der Waals surface area contributed by atoms with Gasteiger partial charge in [-0.1, -0.05) is 93.9 Å². The third-order valence-corrected chi connectivity index (χ3v) is 15.0. The lowest BCUT2D eigenvalue weighted by Crippen LogP contribution is -2.40. The van der Waals surface area contributed by atoms with Crippen LogP contribution in [0.2, 0.25) is 0 Å². The van der Waals surface area contributed by atoms with Crippen LogP contribution in [0.4, 0.5) is 0 Å². The van der Waals surface area contributed by atoms with E-state index in [0.29, 0.717) is 42.2 Å². The van der Waals surface area contributed by atoms with Gasteiger partial charge in [0, 0.05) is 31.4 Å². The van der Waals surface area contributed by atoms with Crippen LogP contribution in [0.1, 0.15) is 118 Å². The largest absolute Gasteiger partial charge is 0.309 e. The number of likely N-dealkylation sites (N-methyl/N-ethyl adjacent to an activating group) is 2. The second-order valence-electron chi connectivity index (χ2n) is 11.9. The highest BCUT2D eigenvalue weighted by molar-refractivity contribution is 7.94. The van der Waals surface area contributed by atoms with E-state index in [1.807, 2.05) is 6.92 Å². The molecule has 1 aromatic heterocycles. The Morgan fingerprint density at radius 2 is 1.56 bits per heavy atom. The number of nitrogens with zero attached hydrogens (tertiary/aromatic N) is 2. The number of hydrogen-bond acceptors (Lipinski definition) is 6. The SMILES string of the molecule is CCN[C@H]1CN(C)S(=O)(=O)c2sc(S(=O)(=O)/N=C/CCC(CC)C(CC)C(CC)C(CC)C(CC)C(C)CC)cc21. The number of fused-ring (bicyclic) bond motifs is 1. The fourth-order valence-corrected chi connectivity index (χ4v) is 12.0. The smallest absolute Gasteiger partial charge is 0.291 e. The predicted molar refractivity (Wildman–Crippen MR) is 174 cm³/mol. The molecule has 0 aliphatic carbocycles. The number of nitrogens with one attached hydrogen (secondary N) is 1. The fourth-order valence-electron chi connectivity index (χ4n) is 7.43. The van der Waals surface area contributed by atoms with E-state index >= 15 is 0 Å². The zero-order valence-electron chi connectivity index (χ0n) is 27.0. The van der Waals surface area contributed by atoms with Crippen molar-refractivity contribution in [1.29, 1.82) is 0 Å². The van der Waals surface area contributed by atoms with Crippen molar-refractivity contribution in [1.82, 2.24) is 9.62 Å². The molecule has 7 atom stereocenters.